The minimum absolute atomic E-state index is 0.313. The van der Waals surface area contributed by atoms with Crippen LogP contribution < -0.4 is 4.90 Å². The first-order chi connectivity index (χ1) is 15.0. The summed E-state index contributed by atoms with van der Waals surface area (Å²) in [6.07, 6.45) is 0. The Hall–Kier alpha value is -3.37. The van der Waals surface area contributed by atoms with Crippen molar-refractivity contribution in [1.82, 2.24) is 4.90 Å². The van der Waals surface area contributed by atoms with E-state index in [4.69, 9.17) is 11.6 Å². The van der Waals surface area contributed by atoms with Crippen LogP contribution in [0, 0.1) is 6.92 Å². The third-order valence-corrected chi connectivity index (χ3v) is 5.67. The van der Waals surface area contributed by atoms with Crippen molar-refractivity contribution in [3.8, 4) is 0 Å². The molecule has 0 bridgehead atoms. The average Bonchev–Trinajstić information content (AvgIpc) is 3.03. The van der Waals surface area contributed by atoms with Crippen LogP contribution in [0.1, 0.15) is 23.6 Å². The molecular weight excluding hydrogens is 408 g/mol. The number of carbonyl (C=O) groups is 2. The van der Waals surface area contributed by atoms with Gasteiger partial charge in [-0.05, 0) is 48.7 Å². The molecular formula is C26H23ClN2O2. The van der Waals surface area contributed by atoms with Crippen LogP contribution in [0.2, 0.25) is 5.02 Å². The minimum Gasteiger partial charge on any atom is -0.362 e. The summed E-state index contributed by atoms with van der Waals surface area (Å²) >= 11 is 6.11. The summed E-state index contributed by atoms with van der Waals surface area (Å²) in [5, 5.41) is 0.566. The molecule has 0 atom stereocenters. The first kappa shape index (κ1) is 20.9. The molecule has 0 fully saturated rings. The number of halogens is 1. The van der Waals surface area contributed by atoms with E-state index in [0.29, 0.717) is 35.1 Å². The number of aryl methyl sites for hydroxylation is 1. The van der Waals surface area contributed by atoms with Crippen molar-refractivity contribution in [2.45, 2.75) is 20.4 Å². The predicted molar refractivity (Wildman–Crippen MR) is 125 cm³/mol. The number of hydrogen-bond acceptors (Lipinski definition) is 3. The van der Waals surface area contributed by atoms with Crippen molar-refractivity contribution in [3.63, 3.8) is 0 Å². The highest BCUT2D eigenvalue weighted by molar-refractivity contribution is 6.45. The number of benzene rings is 3. The van der Waals surface area contributed by atoms with E-state index in [1.807, 2.05) is 79.4 Å². The SMILES string of the molecule is CCN(Cc1ccccc1)C1=C(c2ccccc2)C(=O)N(c2ccc(Cl)cc2C)C1=O. The number of carbonyl (C=O) groups excluding carboxylic acids is 2. The molecule has 3 aromatic carbocycles. The fraction of sp³-hybridized carbons (Fsp3) is 0.154. The number of nitrogens with zero attached hydrogens (tertiary/aromatic N) is 2. The molecule has 1 aliphatic rings. The normalized spacial score (nSPS) is 13.8. The number of amides is 2. The molecule has 0 N–H and O–H groups in total. The van der Waals surface area contributed by atoms with Crippen molar-refractivity contribution in [1.29, 1.82) is 0 Å². The van der Waals surface area contributed by atoms with Gasteiger partial charge in [-0.25, -0.2) is 4.90 Å². The van der Waals surface area contributed by atoms with Crippen LogP contribution in [0.25, 0.3) is 5.57 Å². The smallest absolute Gasteiger partial charge is 0.282 e. The Kier molecular flexibility index (Phi) is 5.92. The van der Waals surface area contributed by atoms with Crippen LogP contribution in [0.4, 0.5) is 5.69 Å². The zero-order chi connectivity index (χ0) is 22.0. The second-order valence-electron chi connectivity index (χ2n) is 7.47. The Bertz CT molecular complexity index is 1160. The lowest BCUT2D eigenvalue weighted by Gasteiger charge is -2.25. The van der Waals surface area contributed by atoms with Gasteiger partial charge in [-0.2, -0.15) is 0 Å². The molecule has 1 aliphatic heterocycles. The van der Waals surface area contributed by atoms with Gasteiger partial charge in [-0.1, -0.05) is 72.3 Å². The molecule has 4 nitrogen and oxygen atoms in total. The Morgan fingerprint density at radius 2 is 1.52 bits per heavy atom. The van der Waals surface area contributed by atoms with Gasteiger partial charge in [-0.15, -0.1) is 0 Å². The molecule has 2 amide bonds. The summed E-state index contributed by atoms with van der Waals surface area (Å²) in [7, 11) is 0. The Morgan fingerprint density at radius 3 is 2.13 bits per heavy atom. The highest BCUT2D eigenvalue weighted by Crippen LogP contribution is 2.37. The molecule has 0 aliphatic carbocycles. The van der Waals surface area contributed by atoms with E-state index >= 15 is 0 Å². The van der Waals surface area contributed by atoms with Crippen LogP contribution in [0.15, 0.2) is 84.6 Å². The van der Waals surface area contributed by atoms with E-state index in [-0.39, 0.29) is 11.8 Å². The van der Waals surface area contributed by atoms with Gasteiger partial charge in [0.25, 0.3) is 11.8 Å². The first-order valence-corrected chi connectivity index (χ1v) is 10.6. The monoisotopic (exact) mass is 430 g/mol. The number of rotatable bonds is 6. The van der Waals surface area contributed by atoms with Gasteiger partial charge >= 0.3 is 0 Å². The molecule has 0 saturated heterocycles. The summed E-state index contributed by atoms with van der Waals surface area (Å²) in [5.74, 6) is -0.629. The molecule has 3 aromatic rings. The summed E-state index contributed by atoms with van der Waals surface area (Å²) < 4.78 is 0. The highest BCUT2D eigenvalue weighted by Gasteiger charge is 2.42. The molecule has 0 aromatic heterocycles. The van der Waals surface area contributed by atoms with Gasteiger partial charge in [0.2, 0.25) is 0 Å². The van der Waals surface area contributed by atoms with E-state index in [2.05, 4.69) is 0 Å². The minimum atomic E-state index is -0.317. The fourth-order valence-corrected chi connectivity index (χ4v) is 4.14. The average molecular weight is 431 g/mol. The lowest BCUT2D eigenvalue weighted by molar-refractivity contribution is -0.120. The topological polar surface area (TPSA) is 40.6 Å². The first-order valence-electron chi connectivity index (χ1n) is 10.2. The van der Waals surface area contributed by atoms with Gasteiger partial charge in [0.15, 0.2) is 0 Å². The van der Waals surface area contributed by atoms with Gasteiger partial charge < -0.3 is 4.90 Å². The van der Waals surface area contributed by atoms with Crippen LogP contribution in [0.3, 0.4) is 0 Å². The van der Waals surface area contributed by atoms with Crippen molar-refractivity contribution in [3.05, 3.63) is 106 Å². The molecule has 4 rings (SSSR count). The molecule has 5 heteroatoms. The van der Waals surface area contributed by atoms with E-state index in [0.717, 1.165) is 16.7 Å². The van der Waals surface area contributed by atoms with Gasteiger partial charge in [-0.3, -0.25) is 9.59 Å². The maximum Gasteiger partial charge on any atom is 0.282 e. The zero-order valence-corrected chi connectivity index (χ0v) is 18.3. The Balaban J connectivity index is 1.84. The maximum atomic E-state index is 13.7. The Labute approximate surface area is 187 Å². The molecule has 0 spiro atoms. The molecule has 0 unspecified atom stereocenters. The van der Waals surface area contributed by atoms with Gasteiger partial charge in [0.05, 0.1) is 11.3 Å². The van der Waals surface area contributed by atoms with Crippen LogP contribution in [0.5, 0.6) is 0 Å². The van der Waals surface area contributed by atoms with Crippen molar-refractivity contribution >= 4 is 34.7 Å². The summed E-state index contributed by atoms with van der Waals surface area (Å²) in [6, 6.07) is 24.5. The zero-order valence-electron chi connectivity index (χ0n) is 17.5. The predicted octanol–water partition coefficient (Wildman–Crippen LogP) is 5.46. The van der Waals surface area contributed by atoms with Crippen molar-refractivity contribution < 1.29 is 9.59 Å². The van der Waals surface area contributed by atoms with Crippen molar-refractivity contribution in [2.24, 2.45) is 0 Å². The standard InChI is InChI=1S/C26H23ClN2O2/c1-3-28(17-19-10-6-4-7-11-19)24-23(20-12-8-5-9-13-20)25(30)29(26(24)31)22-15-14-21(27)16-18(22)2/h4-16H,3,17H2,1-2H3. The van der Waals surface area contributed by atoms with E-state index in [1.165, 1.54) is 4.90 Å². The lowest BCUT2D eigenvalue weighted by atomic mass is 10.0. The number of hydrogen-bond donors (Lipinski definition) is 0. The largest absolute Gasteiger partial charge is 0.362 e. The second kappa shape index (κ2) is 8.78. The van der Waals surface area contributed by atoms with Crippen molar-refractivity contribution in [2.75, 3.05) is 11.4 Å². The second-order valence-corrected chi connectivity index (χ2v) is 7.90. The Morgan fingerprint density at radius 1 is 0.871 bits per heavy atom. The van der Waals surface area contributed by atoms with Gasteiger partial charge in [0, 0.05) is 18.1 Å². The molecule has 1 heterocycles. The van der Waals surface area contributed by atoms with E-state index in [1.54, 1.807) is 18.2 Å². The molecule has 0 radical (unpaired) electrons. The fourth-order valence-electron chi connectivity index (χ4n) is 3.92. The quantitative estimate of drug-likeness (QED) is 0.488. The summed E-state index contributed by atoms with van der Waals surface area (Å²) in [6.45, 7) is 4.97. The third-order valence-electron chi connectivity index (χ3n) is 5.44. The number of imide groups is 1. The molecule has 0 saturated carbocycles. The number of anilines is 1. The van der Waals surface area contributed by atoms with Crippen LogP contribution in [-0.4, -0.2) is 23.3 Å². The van der Waals surface area contributed by atoms with E-state index < -0.39 is 0 Å². The highest BCUT2D eigenvalue weighted by atomic mass is 35.5. The van der Waals surface area contributed by atoms with Crippen LogP contribution >= 0.6 is 11.6 Å². The lowest BCUT2D eigenvalue weighted by Crippen LogP contribution is -2.35. The van der Waals surface area contributed by atoms with E-state index in [9.17, 15) is 9.59 Å². The summed E-state index contributed by atoms with van der Waals surface area (Å²) in [4.78, 5) is 30.6. The number of likely N-dealkylation sites (N-methyl/N-ethyl adjacent to an activating group) is 1. The van der Waals surface area contributed by atoms with Gasteiger partial charge in [0.1, 0.15) is 5.70 Å². The van der Waals surface area contributed by atoms with Crippen LogP contribution in [-0.2, 0) is 16.1 Å². The maximum absolute atomic E-state index is 13.7. The molecule has 31 heavy (non-hydrogen) atoms. The third kappa shape index (κ3) is 3.99. The summed E-state index contributed by atoms with van der Waals surface area (Å²) in [5.41, 5.74) is 3.99. The molecule has 156 valence electrons.